The first kappa shape index (κ1) is 20.0. The number of anilines is 1. The van der Waals surface area contributed by atoms with E-state index >= 15 is 0 Å². The molecule has 0 amide bonds. The Morgan fingerprint density at radius 2 is 2.14 bits per heavy atom. The number of aromatic nitrogens is 1. The molecule has 6 nitrogen and oxygen atoms in total. The van der Waals surface area contributed by atoms with Crippen LogP contribution in [0.2, 0.25) is 0 Å². The zero-order chi connectivity index (χ0) is 19.9. The van der Waals surface area contributed by atoms with Gasteiger partial charge in [0.2, 0.25) is 5.88 Å². The minimum absolute atomic E-state index is 0.457. The summed E-state index contributed by atoms with van der Waals surface area (Å²) < 4.78 is 5.79. The van der Waals surface area contributed by atoms with Crippen molar-refractivity contribution in [3.05, 3.63) is 41.4 Å². The average Bonchev–Trinajstić information content (AvgIpc) is 3.42. The molecule has 4 rings (SSSR count). The summed E-state index contributed by atoms with van der Waals surface area (Å²) in [5.74, 6) is 2.33. The summed E-state index contributed by atoms with van der Waals surface area (Å²) in [7, 11) is 0. The van der Waals surface area contributed by atoms with E-state index in [1.807, 2.05) is 29.7 Å². The van der Waals surface area contributed by atoms with Gasteiger partial charge in [0.15, 0.2) is 5.96 Å². The van der Waals surface area contributed by atoms with Gasteiger partial charge in [-0.3, -0.25) is 0 Å². The smallest absolute Gasteiger partial charge is 0.213 e. The molecule has 2 aromatic rings. The van der Waals surface area contributed by atoms with Crippen LogP contribution in [0, 0.1) is 5.92 Å². The molecular formula is C22H31N5OS. The van der Waals surface area contributed by atoms with Gasteiger partial charge in [-0.25, -0.2) is 9.98 Å². The van der Waals surface area contributed by atoms with Crippen LogP contribution in [0.4, 0.5) is 5.00 Å². The summed E-state index contributed by atoms with van der Waals surface area (Å²) in [5.41, 5.74) is 1.12. The number of ether oxygens (including phenoxy) is 1. The Morgan fingerprint density at radius 1 is 1.28 bits per heavy atom. The summed E-state index contributed by atoms with van der Waals surface area (Å²) in [6.45, 7) is 6.53. The molecule has 29 heavy (non-hydrogen) atoms. The minimum Gasteiger partial charge on any atom is -0.477 e. The average molecular weight is 414 g/mol. The number of hydrogen-bond donors (Lipinski definition) is 2. The fraction of sp³-hybridized carbons (Fsp3) is 0.545. The minimum atomic E-state index is 0.457. The third-order valence-corrected chi connectivity index (χ3v) is 6.31. The zero-order valence-electron chi connectivity index (χ0n) is 17.1. The monoisotopic (exact) mass is 413 g/mol. The van der Waals surface area contributed by atoms with E-state index in [0.717, 1.165) is 56.5 Å². The van der Waals surface area contributed by atoms with Crippen molar-refractivity contribution in [3.8, 4) is 5.88 Å². The number of rotatable bonds is 8. The molecule has 0 unspecified atom stereocenters. The molecule has 1 aliphatic carbocycles. The van der Waals surface area contributed by atoms with Gasteiger partial charge >= 0.3 is 0 Å². The standard InChI is InChI=1S/C22H31N5OS/c1-2-23-22(26-19-8-11-27(12-9-19)21-4-3-13-29-21)25-15-18-7-10-24-20(14-18)28-16-17-5-6-17/h3-4,7,10,13-14,17,19H,2,5-6,8-9,11-12,15-16H2,1H3,(H2,23,25,26). The number of hydrogen-bond acceptors (Lipinski definition) is 5. The lowest BCUT2D eigenvalue weighted by Gasteiger charge is -2.33. The lowest BCUT2D eigenvalue weighted by Crippen LogP contribution is -2.48. The molecule has 1 aliphatic heterocycles. The summed E-state index contributed by atoms with van der Waals surface area (Å²) in [6.07, 6.45) is 6.63. The Bertz CT molecular complexity index is 782. The highest BCUT2D eigenvalue weighted by atomic mass is 32.1. The Balaban J connectivity index is 1.29. The Hall–Kier alpha value is -2.28. The van der Waals surface area contributed by atoms with Crippen molar-refractivity contribution >= 4 is 22.3 Å². The molecule has 0 atom stereocenters. The van der Waals surface area contributed by atoms with Gasteiger partial charge in [0, 0.05) is 37.9 Å². The van der Waals surface area contributed by atoms with E-state index < -0.39 is 0 Å². The third kappa shape index (κ3) is 6.10. The molecule has 0 bridgehead atoms. The van der Waals surface area contributed by atoms with E-state index in [-0.39, 0.29) is 0 Å². The van der Waals surface area contributed by atoms with Crippen LogP contribution in [0.1, 0.15) is 38.2 Å². The van der Waals surface area contributed by atoms with E-state index in [9.17, 15) is 0 Å². The normalized spacial score (nSPS) is 18.0. The lowest BCUT2D eigenvalue weighted by atomic mass is 10.1. The zero-order valence-corrected chi connectivity index (χ0v) is 18.0. The van der Waals surface area contributed by atoms with Crippen LogP contribution in [-0.2, 0) is 6.54 Å². The van der Waals surface area contributed by atoms with Crippen molar-refractivity contribution < 1.29 is 4.74 Å². The first-order valence-corrected chi connectivity index (χ1v) is 11.6. The Kier molecular flexibility index (Phi) is 6.87. The number of thiophene rings is 1. The Morgan fingerprint density at radius 3 is 2.86 bits per heavy atom. The summed E-state index contributed by atoms with van der Waals surface area (Å²) in [4.78, 5) is 11.6. The molecule has 0 radical (unpaired) electrons. The lowest BCUT2D eigenvalue weighted by molar-refractivity contribution is 0.288. The maximum absolute atomic E-state index is 5.79. The van der Waals surface area contributed by atoms with Crippen molar-refractivity contribution in [2.24, 2.45) is 10.9 Å². The van der Waals surface area contributed by atoms with Crippen LogP contribution in [-0.4, -0.2) is 43.2 Å². The van der Waals surface area contributed by atoms with E-state index in [1.165, 1.54) is 17.8 Å². The van der Waals surface area contributed by atoms with Gasteiger partial charge < -0.3 is 20.3 Å². The first-order chi connectivity index (χ1) is 14.3. The van der Waals surface area contributed by atoms with Gasteiger partial charge in [0.05, 0.1) is 18.2 Å². The van der Waals surface area contributed by atoms with Crippen LogP contribution in [0.15, 0.2) is 40.8 Å². The van der Waals surface area contributed by atoms with E-state index in [0.29, 0.717) is 18.5 Å². The molecule has 7 heteroatoms. The van der Waals surface area contributed by atoms with Crippen LogP contribution in [0.5, 0.6) is 5.88 Å². The van der Waals surface area contributed by atoms with Crippen LogP contribution < -0.4 is 20.3 Å². The van der Waals surface area contributed by atoms with E-state index in [4.69, 9.17) is 9.73 Å². The van der Waals surface area contributed by atoms with Gasteiger partial charge in [-0.05, 0) is 67.7 Å². The molecule has 0 spiro atoms. The van der Waals surface area contributed by atoms with Crippen LogP contribution in [0.25, 0.3) is 0 Å². The van der Waals surface area contributed by atoms with Crippen LogP contribution >= 0.6 is 11.3 Å². The molecule has 2 aromatic heterocycles. The van der Waals surface area contributed by atoms with Crippen molar-refractivity contribution in [1.82, 2.24) is 15.6 Å². The van der Waals surface area contributed by atoms with Crippen molar-refractivity contribution in [2.75, 3.05) is 31.1 Å². The number of guanidine groups is 1. The molecule has 2 fully saturated rings. The first-order valence-electron chi connectivity index (χ1n) is 10.7. The second-order valence-corrected chi connectivity index (χ2v) is 8.73. The quantitative estimate of drug-likeness (QED) is 0.511. The highest BCUT2D eigenvalue weighted by Gasteiger charge is 2.22. The van der Waals surface area contributed by atoms with Gasteiger partial charge in [0.1, 0.15) is 0 Å². The molecule has 3 heterocycles. The number of pyridine rings is 1. The number of aliphatic imine (C=N–C) groups is 1. The highest BCUT2D eigenvalue weighted by molar-refractivity contribution is 7.14. The second-order valence-electron chi connectivity index (χ2n) is 7.81. The van der Waals surface area contributed by atoms with Gasteiger partial charge in [0.25, 0.3) is 0 Å². The number of nitrogens with zero attached hydrogens (tertiary/aromatic N) is 3. The van der Waals surface area contributed by atoms with Gasteiger partial charge in [-0.15, -0.1) is 11.3 Å². The molecule has 156 valence electrons. The molecule has 0 aromatic carbocycles. The largest absolute Gasteiger partial charge is 0.477 e. The summed E-state index contributed by atoms with van der Waals surface area (Å²) >= 11 is 1.82. The SMILES string of the molecule is CCNC(=NCc1ccnc(OCC2CC2)c1)NC1CCN(c2cccs2)CC1. The molecular weight excluding hydrogens is 382 g/mol. The topological polar surface area (TPSA) is 61.8 Å². The van der Waals surface area contributed by atoms with Gasteiger partial charge in [-0.2, -0.15) is 0 Å². The van der Waals surface area contributed by atoms with Crippen LogP contribution in [0.3, 0.4) is 0 Å². The molecule has 2 aliphatic rings. The van der Waals surface area contributed by atoms with Crippen molar-refractivity contribution in [1.29, 1.82) is 0 Å². The van der Waals surface area contributed by atoms with E-state index in [1.54, 1.807) is 0 Å². The predicted molar refractivity (Wildman–Crippen MR) is 120 cm³/mol. The maximum Gasteiger partial charge on any atom is 0.213 e. The van der Waals surface area contributed by atoms with Crippen molar-refractivity contribution in [3.63, 3.8) is 0 Å². The second kappa shape index (κ2) is 9.96. The third-order valence-electron chi connectivity index (χ3n) is 5.38. The van der Waals surface area contributed by atoms with E-state index in [2.05, 4.69) is 45.0 Å². The summed E-state index contributed by atoms with van der Waals surface area (Å²) in [5, 5.41) is 10.5. The Labute approximate surface area is 177 Å². The fourth-order valence-corrected chi connectivity index (χ4v) is 4.28. The fourth-order valence-electron chi connectivity index (χ4n) is 3.49. The maximum atomic E-state index is 5.79. The van der Waals surface area contributed by atoms with Crippen molar-refractivity contribution in [2.45, 2.75) is 45.2 Å². The number of piperidine rings is 1. The number of nitrogens with one attached hydrogen (secondary N) is 2. The predicted octanol–water partition coefficient (Wildman–Crippen LogP) is 3.66. The molecule has 1 saturated carbocycles. The highest BCUT2D eigenvalue weighted by Crippen LogP contribution is 2.29. The van der Waals surface area contributed by atoms with Gasteiger partial charge in [-0.1, -0.05) is 0 Å². The summed E-state index contributed by atoms with van der Waals surface area (Å²) in [6, 6.07) is 8.81. The molecule has 2 N–H and O–H groups in total. The molecule has 1 saturated heterocycles.